The first kappa shape index (κ1) is 10.8. The lowest BCUT2D eigenvalue weighted by Gasteiger charge is -2.34. The van der Waals surface area contributed by atoms with Crippen LogP contribution in [0.3, 0.4) is 0 Å². The minimum absolute atomic E-state index is 0.278. The molecule has 3 rings (SSSR count). The zero-order chi connectivity index (χ0) is 11.8. The van der Waals surface area contributed by atoms with Crippen molar-refractivity contribution in [3.63, 3.8) is 0 Å². The maximum absolute atomic E-state index is 10.3. The molecule has 3 heteroatoms. The minimum atomic E-state index is -0.413. The monoisotopic (exact) mass is 230 g/mol. The summed E-state index contributed by atoms with van der Waals surface area (Å²) in [5, 5.41) is 11.4. The first-order valence-corrected chi connectivity index (χ1v) is 6.27. The number of aromatic nitrogens is 1. The van der Waals surface area contributed by atoms with Crippen LogP contribution in [0.5, 0.6) is 0 Å². The van der Waals surface area contributed by atoms with Gasteiger partial charge >= 0.3 is 0 Å². The van der Waals surface area contributed by atoms with E-state index in [9.17, 15) is 5.11 Å². The Morgan fingerprint density at radius 3 is 2.82 bits per heavy atom. The highest BCUT2D eigenvalue weighted by Gasteiger charge is 2.31. The van der Waals surface area contributed by atoms with Crippen LogP contribution >= 0.6 is 0 Å². The molecule has 0 spiro atoms. The van der Waals surface area contributed by atoms with E-state index in [-0.39, 0.29) is 6.04 Å². The second-order valence-corrected chi connectivity index (χ2v) is 4.99. The van der Waals surface area contributed by atoms with Gasteiger partial charge in [0.25, 0.3) is 0 Å². The Kier molecular flexibility index (Phi) is 2.65. The molecule has 2 aromatic rings. The molecule has 0 aliphatic heterocycles. The first-order chi connectivity index (χ1) is 8.27. The molecule has 1 aliphatic carbocycles. The van der Waals surface area contributed by atoms with Gasteiger partial charge in [-0.1, -0.05) is 18.6 Å². The molecule has 0 radical (unpaired) electrons. The number of H-pyrrole nitrogens is 1. The van der Waals surface area contributed by atoms with Crippen molar-refractivity contribution in [2.24, 2.45) is 11.7 Å². The second kappa shape index (κ2) is 4.17. The maximum atomic E-state index is 10.3. The van der Waals surface area contributed by atoms with Gasteiger partial charge in [0.05, 0.1) is 12.1 Å². The molecule has 0 amide bonds. The van der Waals surface area contributed by atoms with Crippen molar-refractivity contribution in [1.82, 2.24) is 4.98 Å². The van der Waals surface area contributed by atoms with Crippen LogP contribution in [0.2, 0.25) is 0 Å². The van der Waals surface area contributed by atoms with E-state index in [1.807, 2.05) is 30.5 Å². The van der Waals surface area contributed by atoms with Gasteiger partial charge in [-0.25, -0.2) is 0 Å². The normalized spacial score (nSPS) is 20.1. The van der Waals surface area contributed by atoms with Crippen LogP contribution in [0.4, 0.5) is 0 Å². The first-order valence-electron chi connectivity index (χ1n) is 6.27. The van der Waals surface area contributed by atoms with Crippen LogP contribution in [0.15, 0.2) is 30.5 Å². The van der Waals surface area contributed by atoms with E-state index in [1.165, 1.54) is 6.42 Å². The Bertz CT molecular complexity index is 516. The lowest BCUT2D eigenvalue weighted by atomic mass is 9.77. The number of benzene rings is 1. The molecule has 0 saturated heterocycles. The van der Waals surface area contributed by atoms with E-state index < -0.39 is 6.10 Å². The van der Waals surface area contributed by atoms with Gasteiger partial charge in [0.1, 0.15) is 0 Å². The number of hydrogen-bond donors (Lipinski definition) is 3. The SMILES string of the molecule is N[C@@H](c1cccc2[nH]ccc12)[C@H](O)C1CCC1. The predicted molar refractivity (Wildman–Crippen MR) is 68.6 cm³/mol. The highest BCUT2D eigenvalue weighted by atomic mass is 16.3. The van der Waals surface area contributed by atoms with Crippen molar-refractivity contribution in [2.45, 2.75) is 31.4 Å². The molecule has 17 heavy (non-hydrogen) atoms. The van der Waals surface area contributed by atoms with E-state index in [1.54, 1.807) is 0 Å². The van der Waals surface area contributed by atoms with Gasteiger partial charge in [-0.05, 0) is 36.5 Å². The molecule has 0 bridgehead atoms. The van der Waals surface area contributed by atoms with E-state index in [0.717, 1.165) is 29.3 Å². The van der Waals surface area contributed by atoms with Gasteiger partial charge in [-0.15, -0.1) is 0 Å². The Morgan fingerprint density at radius 1 is 1.29 bits per heavy atom. The van der Waals surface area contributed by atoms with Gasteiger partial charge in [-0.2, -0.15) is 0 Å². The lowest BCUT2D eigenvalue weighted by Crippen LogP contribution is -2.36. The number of hydrogen-bond acceptors (Lipinski definition) is 2. The molecule has 2 atom stereocenters. The van der Waals surface area contributed by atoms with Crippen molar-refractivity contribution in [1.29, 1.82) is 0 Å². The number of aromatic amines is 1. The summed E-state index contributed by atoms with van der Waals surface area (Å²) < 4.78 is 0. The van der Waals surface area contributed by atoms with E-state index >= 15 is 0 Å². The van der Waals surface area contributed by atoms with Gasteiger partial charge in [-0.3, -0.25) is 0 Å². The van der Waals surface area contributed by atoms with E-state index in [0.29, 0.717) is 5.92 Å². The van der Waals surface area contributed by atoms with Crippen molar-refractivity contribution < 1.29 is 5.11 Å². The van der Waals surface area contributed by atoms with Crippen LogP contribution in [-0.2, 0) is 0 Å². The summed E-state index contributed by atoms with van der Waals surface area (Å²) in [6, 6.07) is 7.78. The van der Waals surface area contributed by atoms with Crippen molar-refractivity contribution in [3.05, 3.63) is 36.0 Å². The van der Waals surface area contributed by atoms with Gasteiger partial charge in [0.2, 0.25) is 0 Å². The Hall–Kier alpha value is -1.32. The summed E-state index contributed by atoms with van der Waals surface area (Å²) in [7, 11) is 0. The molecule has 90 valence electrons. The molecule has 1 aliphatic rings. The van der Waals surface area contributed by atoms with Crippen LogP contribution < -0.4 is 5.73 Å². The second-order valence-electron chi connectivity index (χ2n) is 4.99. The zero-order valence-corrected chi connectivity index (χ0v) is 9.76. The molecule has 3 nitrogen and oxygen atoms in total. The zero-order valence-electron chi connectivity index (χ0n) is 9.76. The van der Waals surface area contributed by atoms with Crippen LogP contribution in [0, 0.1) is 5.92 Å². The Balaban J connectivity index is 1.94. The highest BCUT2D eigenvalue weighted by molar-refractivity contribution is 5.83. The average molecular weight is 230 g/mol. The Morgan fingerprint density at radius 2 is 2.12 bits per heavy atom. The smallest absolute Gasteiger partial charge is 0.0761 e. The fourth-order valence-electron chi connectivity index (χ4n) is 2.66. The van der Waals surface area contributed by atoms with Gasteiger partial charge in [0, 0.05) is 17.1 Å². The fraction of sp³-hybridized carbons (Fsp3) is 0.429. The molecular formula is C14H18N2O. The molecule has 1 saturated carbocycles. The van der Waals surface area contributed by atoms with Crippen LogP contribution in [0.1, 0.15) is 30.9 Å². The number of aliphatic hydroxyl groups excluding tert-OH is 1. The third kappa shape index (κ3) is 1.75. The van der Waals surface area contributed by atoms with Crippen molar-refractivity contribution in [2.75, 3.05) is 0 Å². The molecule has 1 fully saturated rings. The molecular weight excluding hydrogens is 212 g/mol. The quantitative estimate of drug-likeness (QED) is 0.757. The predicted octanol–water partition coefficient (Wildman–Crippen LogP) is 2.33. The summed E-state index contributed by atoms with van der Waals surface area (Å²) in [5.74, 6) is 0.388. The minimum Gasteiger partial charge on any atom is -0.391 e. The standard InChI is InChI=1S/C14H18N2O/c15-13(14(17)9-3-1-4-9)11-5-2-6-12-10(11)7-8-16-12/h2,5-9,13-14,16-17H,1,3-4,15H2/t13-,14+/m0/s1. The number of aliphatic hydroxyl groups is 1. The van der Waals surface area contributed by atoms with Gasteiger partial charge < -0.3 is 15.8 Å². The summed E-state index contributed by atoms with van der Waals surface area (Å²) in [6.45, 7) is 0. The van der Waals surface area contributed by atoms with E-state index in [4.69, 9.17) is 5.73 Å². The molecule has 1 aromatic heterocycles. The topological polar surface area (TPSA) is 62.0 Å². The van der Waals surface area contributed by atoms with Crippen LogP contribution in [-0.4, -0.2) is 16.2 Å². The third-order valence-electron chi connectivity index (χ3n) is 3.99. The number of nitrogens with one attached hydrogen (secondary N) is 1. The summed E-state index contributed by atoms with van der Waals surface area (Å²) in [4.78, 5) is 3.17. The molecule has 1 aromatic carbocycles. The Labute approximate surface area is 101 Å². The van der Waals surface area contributed by atoms with Crippen molar-refractivity contribution >= 4 is 10.9 Å². The molecule has 4 N–H and O–H groups in total. The number of rotatable bonds is 3. The summed E-state index contributed by atoms with van der Waals surface area (Å²) in [5.41, 5.74) is 8.34. The fourth-order valence-corrected chi connectivity index (χ4v) is 2.66. The summed E-state index contributed by atoms with van der Waals surface area (Å²) >= 11 is 0. The largest absolute Gasteiger partial charge is 0.391 e. The van der Waals surface area contributed by atoms with Gasteiger partial charge in [0.15, 0.2) is 0 Å². The number of nitrogens with two attached hydrogens (primary N) is 1. The lowest BCUT2D eigenvalue weighted by molar-refractivity contribution is 0.0417. The third-order valence-corrected chi connectivity index (χ3v) is 3.99. The highest BCUT2D eigenvalue weighted by Crippen LogP contribution is 2.35. The van der Waals surface area contributed by atoms with E-state index in [2.05, 4.69) is 4.98 Å². The maximum Gasteiger partial charge on any atom is 0.0761 e. The summed E-state index contributed by atoms with van der Waals surface area (Å²) in [6.07, 6.45) is 4.94. The molecule has 1 heterocycles. The molecule has 0 unspecified atom stereocenters. The average Bonchev–Trinajstić information content (AvgIpc) is 2.73. The van der Waals surface area contributed by atoms with Crippen molar-refractivity contribution in [3.8, 4) is 0 Å². The van der Waals surface area contributed by atoms with Crippen LogP contribution in [0.25, 0.3) is 10.9 Å². The number of fused-ring (bicyclic) bond motifs is 1.